The summed E-state index contributed by atoms with van der Waals surface area (Å²) in [6.45, 7) is 2.00. The third kappa shape index (κ3) is 4.74. The van der Waals surface area contributed by atoms with Gasteiger partial charge in [0.2, 0.25) is 5.91 Å². The Morgan fingerprint density at radius 3 is 2.52 bits per heavy atom. The van der Waals surface area contributed by atoms with E-state index in [1.54, 1.807) is 7.11 Å². The Morgan fingerprint density at radius 1 is 1.19 bits per heavy atom. The summed E-state index contributed by atoms with van der Waals surface area (Å²) in [5.74, 6) is 0.868. The molecule has 1 amide bonds. The zero-order valence-corrected chi connectivity index (χ0v) is 14.3. The molecule has 0 aromatic heterocycles. The third-order valence-corrected chi connectivity index (χ3v) is 3.93. The first-order valence-electron chi connectivity index (χ1n) is 6.77. The smallest absolute Gasteiger partial charge is 0.224 e. The van der Waals surface area contributed by atoms with E-state index in [2.05, 4.69) is 34.0 Å². The highest BCUT2D eigenvalue weighted by Crippen LogP contribution is 2.18. The Bertz CT molecular complexity index is 623. The van der Waals surface area contributed by atoms with Crippen LogP contribution < -0.4 is 10.1 Å². The summed E-state index contributed by atoms with van der Waals surface area (Å²) in [7, 11) is 1.64. The molecule has 4 heteroatoms. The molecule has 0 atom stereocenters. The van der Waals surface area contributed by atoms with Gasteiger partial charge in [-0.25, -0.2) is 0 Å². The molecule has 2 aromatic carbocycles. The number of rotatable bonds is 5. The highest BCUT2D eigenvalue weighted by molar-refractivity contribution is 14.1. The fraction of sp³-hybridized carbons (Fsp3) is 0.235. The van der Waals surface area contributed by atoms with Crippen molar-refractivity contribution in [2.24, 2.45) is 0 Å². The number of carbonyl (C=O) groups excluding carboxylic acids is 1. The van der Waals surface area contributed by atoms with Crippen LogP contribution in [0.1, 0.15) is 17.5 Å². The number of methoxy groups -OCH3 is 1. The minimum Gasteiger partial charge on any atom is -0.497 e. The lowest BCUT2D eigenvalue weighted by Gasteiger charge is -2.09. The standard InChI is InChI=1S/C17H18INO2/c1-12-11-14(18)6-9-16(12)19-17(20)10-5-13-3-7-15(21-2)8-4-13/h3-4,6-9,11H,5,10H2,1-2H3,(H,19,20). The molecule has 0 saturated carbocycles. The molecule has 0 unspecified atom stereocenters. The Kier molecular flexibility index (Phi) is 5.61. The summed E-state index contributed by atoms with van der Waals surface area (Å²) in [5.41, 5.74) is 3.10. The van der Waals surface area contributed by atoms with Gasteiger partial charge in [-0.1, -0.05) is 12.1 Å². The van der Waals surface area contributed by atoms with Crippen molar-refractivity contribution in [2.45, 2.75) is 19.8 Å². The molecule has 0 heterocycles. The van der Waals surface area contributed by atoms with E-state index in [1.807, 2.05) is 43.3 Å². The number of hydrogen-bond acceptors (Lipinski definition) is 2. The molecule has 0 saturated heterocycles. The van der Waals surface area contributed by atoms with E-state index in [-0.39, 0.29) is 5.91 Å². The number of ether oxygens (including phenoxy) is 1. The molecule has 3 nitrogen and oxygen atoms in total. The first-order valence-corrected chi connectivity index (χ1v) is 7.85. The van der Waals surface area contributed by atoms with Crippen LogP contribution in [0.25, 0.3) is 0 Å². The van der Waals surface area contributed by atoms with Gasteiger partial charge in [0.1, 0.15) is 5.75 Å². The Hall–Kier alpha value is -1.56. The van der Waals surface area contributed by atoms with Crippen LogP contribution >= 0.6 is 22.6 Å². The largest absolute Gasteiger partial charge is 0.497 e. The molecule has 0 aliphatic carbocycles. The van der Waals surface area contributed by atoms with Gasteiger partial charge in [0.05, 0.1) is 7.11 Å². The van der Waals surface area contributed by atoms with E-state index in [4.69, 9.17) is 4.74 Å². The van der Waals surface area contributed by atoms with Gasteiger partial charge in [-0.2, -0.15) is 0 Å². The zero-order valence-electron chi connectivity index (χ0n) is 12.2. The molecular weight excluding hydrogens is 377 g/mol. The lowest BCUT2D eigenvalue weighted by molar-refractivity contribution is -0.116. The summed E-state index contributed by atoms with van der Waals surface area (Å²) >= 11 is 2.26. The van der Waals surface area contributed by atoms with Gasteiger partial charge < -0.3 is 10.1 Å². The number of amides is 1. The second-order valence-electron chi connectivity index (χ2n) is 4.86. The number of nitrogens with one attached hydrogen (secondary N) is 1. The summed E-state index contributed by atoms with van der Waals surface area (Å²) in [5, 5.41) is 2.96. The molecular formula is C17H18INO2. The lowest BCUT2D eigenvalue weighted by atomic mass is 10.1. The average Bonchev–Trinajstić information content (AvgIpc) is 2.48. The van der Waals surface area contributed by atoms with Gasteiger partial charge in [-0.05, 0) is 77.4 Å². The first kappa shape index (κ1) is 15.8. The van der Waals surface area contributed by atoms with Crippen molar-refractivity contribution in [3.05, 3.63) is 57.2 Å². The maximum Gasteiger partial charge on any atom is 0.224 e. The van der Waals surface area contributed by atoms with Crippen LogP contribution in [-0.2, 0) is 11.2 Å². The number of carbonyl (C=O) groups is 1. The SMILES string of the molecule is COc1ccc(CCC(=O)Nc2ccc(I)cc2C)cc1. The van der Waals surface area contributed by atoms with Gasteiger partial charge in [0, 0.05) is 15.7 Å². The number of benzene rings is 2. The molecule has 0 fully saturated rings. The van der Waals surface area contributed by atoms with Gasteiger partial charge in [-0.15, -0.1) is 0 Å². The summed E-state index contributed by atoms with van der Waals surface area (Å²) in [4.78, 5) is 12.0. The van der Waals surface area contributed by atoms with Crippen molar-refractivity contribution in [1.82, 2.24) is 0 Å². The average molecular weight is 395 g/mol. The molecule has 0 spiro atoms. The van der Waals surface area contributed by atoms with Crippen LogP contribution in [0, 0.1) is 10.5 Å². The Labute approximate surface area is 138 Å². The van der Waals surface area contributed by atoms with Crippen molar-refractivity contribution < 1.29 is 9.53 Å². The molecule has 1 N–H and O–H groups in total. The predicted octanol–water partition coefficient (Wildman–Crippen LogP) is 4.18. The van der Waals surface area contributed by atoms with E-state index in [1.165, 1.54) is 3.57 Å². The maximum absolute atomic E-state index is 12.0. The molecule has 21 heavy (non-hydrogen) atoms. The van der Waals surface area contributed by atoms with Crippen LogP contribution in [0.2, 0.25) is 0 Å². The normalized spacial score (nSPS) is 10.2. The second kappa shape index (κ2) is 7.45. The van der Waals surface area contributed by atoms with E-state index in [0.717, 1.165) is 29.0 Å². The van der Waals surface area contributed by atoms with Crippen molar-refractivity contribution in [3.8, 4) is 5.75 Å². The van der Waals surface area contributed by atoms with E-state index in [0.29, 0.717) is 6.42 Å². The predicted molar refractivity (Wildman–Crippen MR) is 93.8 cm³/mol. The van der Waals surface area contributed by atoms with E-state index in [9.17, 15) is 4.79 Å². The summed E-state index contributed by atoms with van der Waals surface area (Å²) in [6, 6.07) is 13.8. The quantitative estimate of drug-likeness (QED) is 0.772. The van der Waals surface area contributed by atoms with E-state index < -0.39 is 0 Å². The van der Waals surface area contributed by atoms with Crippen LogP contribution in [0.15, 0.2) is 42.5 Å². The number of hydrogen-bond donors (Lipinski definition) is 1. The Morgan fingerprint density at radius 2 is 1.90 bits per heavy atom. The fourth-order valence-corrected chi connectivity index (χ4v) is 2.68. The fourth-order valence-electron chi connectivity index (χ4n) is 2.03. The van der Waals surface area contributed by atoms with Gasteiger partial charge in [-0.3, -0.25) is 4.79 Å². The second-order valence-corrected chi connectivity index (χ2v) is 6.10. The lowest BCUT2D eigenvalue weighted by Crippen LogP contribution is -2.13. The molecule has 0 bridgehead atoms. The summed E-state index contributed by atoms with van der Waals surface area (Å²) < 4.78 is 6.28. The van der Waals surface area contributed by atoms with Crippen LogP contribution in [0.5, 0.6) is 5.75 Å². The molecule has 2 rings (SSSR count). The minimum atomic E-state index is 0.0372. The third-order valence-electron chi connectivity index (χ3n) is 3.26. The highest BCUT2D eigenvalue weighted by atomic mass is 127. The molecule has 0 aliphatic heterocycles. The molecule has 0 radical (unpaired) electrons. The first-order chi connectivity index (χ1) is 10.1. The zero-order chi connectivity index (χ0) is 15.2. The summed E-state index contributed by atoms with van der Waals surface area (Å²) in [6.07, 6.45) is 1.19. The minimum absolute atomic E-state index is 0.0372. The number of aryl methyl sites for hydroxylation is 2. The van der Waals surface area contributed by atoms with Crippen molar-refractivity contribution in [3.63, 3.8) is 0 Å². The topological polar surface area (TPSA) is 38.3 Å². The Balaban J connectivity index is 1.89. The molecule has 110 valence electrons. The van der Waals surface area contributed by atoms with Crippen LogP contribution in [-0.4, -0.2) is 13.0 Å². The van der Waals surface area contributed by atoms with Crippen molar-refractivity contribution >= 4 is 34.2 Å². The van der Waals surface area contributed by atoms with Crippen LogP contribution in [0.3, 0.4) is 0 Å². The van der Waals surface area contributed by atoms with Gasteiger partial charge >= 0.3 is 0 Å². The van der Waals surface area contributed by atoms with Gasteiger partial charge in [0.15, 0.2) is 0 Å². The maximum atomic E-state index is 12.0. The van der Waals surface area contributed by atoms with Crippen molar-refractivity contribution in [1.29, 1.82) is 0 Å². The van der Waals surface area contributed by atoms with E-state index >= 15 is 0 Å². The monoisotopic (exact) mass is 395 g/mol. The number of anilines is 1. The molecule has 0 aliphatic rings. The molecule has 2 aromatic rings. The van der Waals surface area contributed by atoms with Crippen LogP contribution in [0.4, 0.5) is 5.69 Å². The highest BCUT2D eigenvalue weighted by Gasteiger charge is 2.06. The van der Waals surface area contributed by atoms with Crippen molar-refractivity contribution in [2.75, 3.05) is 12.4 Å². The number of halogens is 1. The van der Waals surface area contributed by atoms with Gasteiger partial charge in [0.25, 0.3) is 0 Å².